The van der Waals surface area contributed by atoms with E-state index in [0.717, 1.165) is 16.5 Å². The van der Waals surface area contributed by atoms with Crippen LogP contribution in [0.4, 0.5) is 10.1 Å². The highest BCUT2D eigenvalue weighted by molar-refractivity contribution is 6.30. The Kier molecular flexibility index (Phi) is 9.37. The van der Waals surface area contributed by atoms with Crippen molar-refractivity contribution in [2.24, 2.45) is 0 Å². The molecule has 0 radical (unpaired) electrons. The average molecular weight is 473 g/mol. The summed E-state index contributed by atoms with van der Waals surface area (Å²) >= 11 is 5.92. The first kappa shape index (κ1) is 25.8. The van der Waals surface area contributed by atoms with Crippen LogP contribution in [-0.2, 0) is 20.9 Å². The molecule has 1 aliphatic rings. The molecular weight excluding hydrogens is 447 g/mol. The molecule has 0 spiro atoms. The summed E-state index contributed by atoms with van der Waals surface area (Å²) in [4.78, 5) is 41.6. The van der Waals surface area contributed by atoms with E-state index in [4.69, 9.17) is 16.9 Å². The molecule has 1 saturated heterocycles. The molecule has 2 aromatic carbocycles. The first-order valence-corrected chi connectivity index (χ1v) is 11.0. The summed E-state index contributed by atoms with van der Waals surface area (Å²) in [6.45, 7) is 5.88. The fourth-order valence-electron chi connectivity index (χ4n) is 3.42. The number of anilines is 1. The zero-order valence-corrected chi connectivity index (χ0v) is 19.6. The zero-order chi connectivity index (χ0) is 24.5. The molecule has 33 heavy (non-hydrogen) atoms. The number of rotatable bonds is 7. The molecule has 1 atom stereocenters. The van der Waals surface area contributed by atoms with Crippen LogP contribution in [0.25, 0.3) is 0 Å². The Balaban J connectivity index is 0.00000187. The molecule has 3 amide bonds. The molecule has 1 unspecified atom stereocenters. The van der Waals surface area contributed by atoms with E-state index in [2.05, 4.69) is 0 Å². The smallest absolute Gasteiger partial charge is 0.252 e. The summed E-state index contributed by atoms with van der Waals surface area (Å²) < 4.78 is 14.6. The van der Waals surface area contributed by atoms with Gasteiger partial charge in [0.25, 0.3) is 5.91 Å². The largest absolute Gasteiger partial charge is 0.343 e. The van der Waals surface area contributed by atoms with Gasteiger partial charge in [-0.2, -0.15) is 5.26 Å². The van der Waals surface area contributed by atoms with Crippen molar-refractivity contribution in [3.8, 4) is 6.07 Å². The van der Waals surface area contributed by atoms with Gasteiger partial charge >= 0.3 is 0 Å². The van der Waals surface area contributed by atoms with E-state index in [1.54, 1.807) is 31.2 Å². The Morgan fingerprint density at radius 2 is 1.88 bits per heavy atom. The number of benzene rings is 2. The van der Waals surface area contributed by atoms with E-state index in [0.29, 0.717) is 18.0 Å². The van der Waals surface area contributed by atoms with Crippen molar-refractivity contribution in [2.45, 2.75) is 33.4 Å². The number of piperazine rings is 1. The van der Waals surface area contributed by atoms with Crippen LogP contribution in [0.15, 0.2) is 42.5 Å². The first-order valence-electron chi connectivity index (χ1n) is 10.6. The Morgan fingerprint density at radius 1 is 1.21 bits per heavy atom. The molecule has 174 valence electrons. The summed E-state index contributed by atoms with van der Waals surface area (Å²) in [5.74, 6) is -1.66. The minimum atomic E-state index is -0.989. The highest BCUT2D eigenvalue weighted by Gasteiger charge is 2.41. The van der Waals surface area contributed by atoms with Crippen LogP contribution in [0.1, 0.15) is 31.9 Å². The maximum Gasteiger partial charge on any atom is 0.252 e. The van der Waals surface area contributed by atoms with Gasteiger partial charge in [0, 0.05) is 24.7 Å². The third kappa shape index (κ3) is 6.08. The molecule has 1 aliphatic heterocycles. The Labute approximate surface area is 197 Å². The second-order valence-electron chi connectivity index (χ2n) is 7.06. The predicted molar refractivity (Wildman–Crippen MR) is 124 cm³/mol. The molecule has 2 aromatic rings. The maximum absolute atomic E-state index is 14.6. The maximum atomic E-state index is 14.6. The van der Waals surface area contributed by atoms with Crippen molar-refractivity contribution >= 4 is 35.5 Å². The van der Waals surface area contributed by atoms with Gasteiger partial charge < -0.3 is 9.80 Å². The minimum absolute atomic E-state index is 0.0213. The molecule has 3 rings (SSSR count). The van der Waals surface area contributed by atoms with Gasteiger partial charge in [-0.05, 0) is 42.8 Å². The third-order valence-corrected chi connectivity index (χ3v) is 5.39. The van der Waals surface area contributed by atoms with Crippen LogP contribution in [0.5, 0.6) is 0 Å². The van der Waals surface area contributed by atoms with Crippen molar-refractivity contribution in [3.05, 3.63) is 64.4 Å². The molecule has 0 aliphatic carbocycles. The molecule has 0 saturated carbocycles. The van der Waals surface area contributed by atoms with Gasteiger partial charge in [-0.15, -0.1) is 0 Å². The van der Waals surface area contributed by atoms with Crippen LogP contribution in [0.2, 0.25) is 5.02 Å². The summed E-state index contributed by atoms with van der Waals surface area (Å²) in [6.07, 6.45) is 0.611. The monoisotopic (exact) mass is 472 g/mol. The molecule has 0 N–H and O–H groups in total. The molecule has 1 fully saturated rings. The first-order chi connectivity index (χ1) is 15.9. The van der Waals surface area contributed by atoms with Crippen LogP contribution >= 0.6 is 11.6 Å². The Hall–Kier alpha value is -3.44. The van der Waals surface area contributed by atoms with Crippen LogP contribution in [0.3, 0.4) is 0 Å². The molecule has 0 aromatic heterocycles. The highest BCUT2D eigenvalue weighted by atomic mass is 35.5. The molecule has 1 heterocycles. The summed E-state index contributed by atoms with van der Waals surface area (Å²) in [6, 6.07) is 11.4. The van der Waals surface area contributed by atoms with Gasteiger partial charge in [0.1, 0.15) is 18.4 Å². The number of nitrogens with zero attached hydrogens (tertiary/aromatic N) is 4. The van der Waals surface area contributed by atoms with E-state index in [1.807, 2.05) is 19.9 Å². The number of halogens is 2. The number of hydrogen-bond acceptors (Lipinski definition) is 4. The lowest BCUT2D eigenvalue weighted by Crippen LogP contribution is -2.62. The second kappa shape index (κ2) is 12.0. The predicted octanol–water partition coefficient (Wildman–Crippen LogP) is 3.60. The zero-order valence-electron chi connectivity index (χ0n) is 18.8. The van der Waals surface area contributed by atoms with Gasteiger partial charge in [0.05, 0.1) is 17.3 Å². The van der Waals surface area contributed by atoms with Crippen molar-refractivity contribution in [3.63, 3.8) is 0 Å². The number of nitriles is 1. The van der Waals surface area contributed by atoms with Crippen LogP contribution in [-0.4, -0.2) is 53.7 Å². The standard InChI is InChI=1S/C22H20ClFN4O3.C2H6/c1-2-26(14-29)12-20-22(31)28(19-8-5-16(10-25)9-18(19)24)13-21(30)27(20)11-15-3-6-17(23)7-4-15;1-2/h3-9,14,20H,2,11-13H2,1H3;1-2H3. The summed E-state index contributed by atoms with van der Waals surface area (Å²) in [7, 11) is 0. The number of carbonyl (C=O) groups excluding carboxylic acids is 3. The SMILES string of the molecule is CC.CCN(C=O)CC1C(=O)N(c2ccc(C#N)cc2F)CC(=O)N1Cc1ccc(Cl)cc1. The van der Waals surface area contributed by atoms with Gasteiger partial charge in [-0.25, -0.2) is 4.39 Å². The highest BCUT2D eigenvalue weighted by Crippen LogP contribution is 2.26. The lowest BCUT2D eigenvalue weighted by molar-refractivity contribution is -0.145. The van der Waals surface area contributed by atoms with Gasteiger partial charge in [-0.1, -0.05) is 37.6 Å². The number of carbonyl (C=O) groups is 3. The lowest BCUT2D eigenvalue weighted by atomic mass is 10.1. The van der Waals surface area contributed by atoms with Crippen molar-refractivity contribution < 1.29 is 18.8 Å². The van der Waals surface area contributed by atoms with Crippen molar-refractivity contribution in [2.75, 3.05) is 24.5 Å². The average Bonchev–Trinajstić information content (AvgIpc) is 2.83. The van der Waals surface area contributed by atoms with E-state index in [-0.39, 0.29) is 36.8 Å². The Morgan fingerprint density at radius 3 is 2.42 bits per heavy atom. The fraction of sp³-hybridized carbons (Fsp3) is 0.333. The number of likely N-dealkylation sites (N-methyl/N-ethyl adjacent to an activating group) is 1. The fourth-order valence-corrected chi connectivity index (χ4v) is 3.55. The summed E-state index contributed by atoms with van der Waals surface area (Å²) in [5, 5.41) is 9.48. The second-order valence-corrected chi connectivity index (χ2v) is 7.50. The van der Waals surface area contributed by atoms with Crippen LogP contribution in [0, 0.1) is 17.1 Å². The number of hydrogen-bond donors (Lipinski definition) is 0. The molecule has 7 nitrogen and oxygen atoms in total. The van der Waals surface area contributed by atoms with E-state index >= 15 is 0 Å². The number of amides is 3. The van der Waals surface area contributed by atoms with Gasteiger partial charge in [0.15, 0.2) is 0 Å². The van der Waals surface area contributed by atoms with Crippen molar-refractivity contribution in [1.82, 2.24) is 9.80 Å². The topological polar surface area (TPSA) is 84.7 Å². The Bertz CT molecular complexity index is 1040. The molecule has 0 bridgehead atoms. The summed E-state index contributed by atoms with van der Waals surface area (Å²) in [5.41, 5.74) is 0.793. The van der Waals surface area contributed by atoms with Gasteiger partial charge in [0.2, 0.25) is 12.3 Å². The molecular formula is C24H26ClFN4O3. The van der Waals surface area contributed by atoms with Gasteiger partial charge in [-0.3, -0.25) is 19.3 Å². The third-order valence-electron chi connectivity index (χ3n) is 5.14. The van der Waals surface area contributed by atoms with E-state index < -0.39 is 17.8 Å². The van der Waals surface area contributed by atoms with Crippen molar-refractivity contribution in [1.29, 1.82) is 5.26 Å². The van der Waals surface area contributed by atoms with E-state index in [9.17, 15) is 18.8 Å². The quantitative estimate of drug-likeness (QED) is 0.576. The normalized spacial score (nSPS) is 15.5. The molecule has 9 heteroatoms. The lowest BCUT2D eigenvalue weighted by Gasteiger charge is -2.41. The van der Waals surface area contributed by atoms with Crippen LogP contribution < -0.4 is 4.90 Å². The van der Waals surface area contributed by atoms with E-state index in [1.165, 1.54) is 21.9 Å². The minimum Gasteiger partial charge on any atom is -0.343 e.